The van der Waals surface area contributed by atoms with E-state index in [0.29, 0.717) is 23.6 Å². The van der Waals surface area contributed by atoms with Gasteiger partial charge in [0.15, 0.2) is 0 Å². The zero-order chi connectivity index (χ0) is 20.4. The highest BCUT2D eigenvalue weighted by atomic mass is 32.2. The third kappa shape index (κ3) is 4.49. The molecule has 0 spiro atoms. The Morgan fingerprint density at radius 2 is 1.93 bits per heavy atom. The molecule has 2 aromatic rings. The van der Waals surface area contributed by atoms with Crippen molar-refractivity contribution >= 4 is 21.8 Å². The summed E-state index contributed by atoms with van der Waals surface area (Å²) in [5.41, 5.74) is 1.48. The van der Waals surface area contributed by atoms with Crippen LogP contribution in [0.1, 0.15) is 12.6 Å². The van der Waals surface area contributed by atoms with Gasteiger partial charge in [-0.25, -0.2) is 9.07 Å². The summed E-state index contributed by atoms with van der Waals surface area (Å²) in [5, 5.41) is 4.31. The highest BCUT2D eigenvalue weighted by molar-refractivity contribution is 7.86. The lowest BCUT2D eigenvalue weighted by Crippen LogP contribution is -2.45. The summed E-state index contributed by atoms with van der Waals surface area (Å²) in [6.07, 6.45) is 4.13. The second-order valence-corrected chi connectivity index (χ2v) is 8.34. The summed E-state index contributed by atoms with van der Waals surface area (Å²) in [6.45, 7) is 3.50. The minimum absolute atomic E-state index is 0.319. The Kier molecular flexibility index (Phi) is 6.29. The van der Waals surface area contributed by atoms with Gasteiger partial charge in [0.05, 0.1) is 42.2 Å². The number of aryl methyl sites for hydroxylation is 1. The van der Waals surface area contributed by atoms with Crippen LogP contribution in [-0.2, 0) is 15.0 Å². The van der Waals surface area contributed by atoms with Gasteiger partial charge in [-0.05, 0) is 13.8 Å². The number of amides is 1. The standard InChI is InChI=1S/C16H23FN6O3S/c1-6-22(16(24)11-21(5)27(25,26)20(3)4)15-10-23(19-12(15)2)14-7-13(17)8-18-9-14/h7-10H,6,11H2,1-5H3. The molecule has 0 N–H and O–H groups in total. The highest BCUT2D eigenvalue weighted by Crippen LogP contribution is 2.21. The van der Waals surface area contributed by atoms with Gasteiger partial charge < -0.3 is 4.90 Å². The molecule has 0 fully saturated rings. The number of hydrogen-bond acceptors (Lipinski definition) is 5. The molecule has 27 heavy (non-hydrogen) atoms. The zero-order valence-corrected chi connectivity index (χ0v) is 16.7. The van der Waals surface area contributed by atoms with Crippen LogP contribution in [0.5, 0.6) is 0 Å². The molecule has 0 unspecified atom stereocenters. The Morgan fingerprint density at radius 3 is 2.48 bits per heavy atom. The van der Waals surface area contributed by atoms with E-state index < -0.39 is 21.9 Å². The van der Waals surface area contributed by atoms with Crippen molar-refractivity contribution in [3.63, 3.8) is 0 Å². The van der Waals surface area contributed by atoms with Crippen LogP contribution in [-0.4, -0.2) is 71.9 Å². The van der Waals surface area contributed by atoms with Crippen molar-refractivity contribution in [2.45, 2.75) is 13.8 Å². The molecule has 9 nitrogen and oxygen atoms in total. The van der Waals surface area contributed by atoms with Crippen LogP contribution in [0.25, 0.3) is 5.69 Å². The summed E-state index contributed by atoms with van der Waals surface area (Å²) >= 11 is 0. The van der Waals surface area contributed by atoms with E-state index in [1.54, 1.807) is 20.0 Å². The van der Waals surface area contributed by atoms with Crippen LogP contribution in [0.15, 0.2) is 24.7 Å². The van der Waals surface area contributed by atoms with Gasteiger partial charge >= 0.3 is 0 Å². The average Bonchev–Trinajstić information content (AvgIpc) is 2.97. The van der Waals surface area contributed by atoms with Crippen LogP contribution in [0.3, 0.4) is 0 Å². The first-order chi connectivity index (χ1) is 12.6. The lowest BCUT2D eigenvalue weighted by molar-refractivity contribution is -0.118. The first-order valence-corrected chi connectivity index (χ1v) is 9.59. The summed E-state index contributed by atoms with van der Waals surface area (Å²) in [7, 11) is 0.439. The molecule has 2 rings (SSSR count). The third-order valence-corrected chi connectivity index (χ3v) is 5.79. The molecule has 0 atom stereocenters. The molecule has 0 saturated heterocycles. The van der Waals surface area contributed by atoms with Gasteiger partial charge in [-0.1, -0.05) is 0 Å². The molecule has 0 aliphatic heterocycles. The van der Waals surface area contributed by atoms with Crippen LogP contribution in [0.4, 0.5) is 10.1 Å². The predicted octanol–water partition coefficient (Wildman–Crippen LogP) is 0.806. The van der Waals surface area contributed by atoms with Gasteiger partial charge in [-0.15, -0.1) is 0 Å². The number of pyridine rings is 1. The number of anilines is 1. The lowest BCUT2D eigenvalue weighted by atomic mass is 10.3. The minimum atomic E-state index is -3.70. The molecule has 2 heterocycles. The topological polar surface area (TPSA) is 91.6 Å². The molecule has 148 valence electrons. The first-order valence-electron chi connectivity index (χ1n) is 8.19. The van der Waals surface area contributed by atoms with E-state index in [-0.39, 0.29) is 6.54 Å². The maximum absolute atomic E-state index is 13.4. The number of aromatic nitrogens is 3. The quantitative estimate of drug-likeness (QED) is 0.688. The fourth-order valence-electron chi connectivity index (χ4n) is 2.49. The number of carbonyl (C=O) groups is 1. The summed E-state index contributed by atoms with van der Waals surface area (Å²) in [6, 6.07) is 1.28. The van der Waals surface area contributed by atoms with E-state index in [0.717, 1.165) is 14.8 Å². The van der Waals surface area contributed by atoms with Crippen molar-refractivity contribution < 1.29 is 17.6 Å². The van der Waals surface area contributed by atoms with E-state index in [1.165, 1.54) is 43.0 Å². The molecule has 0 radical (unpaired) electrons. The fourth-order valence-corrected chi connectivity index (χ4v) is 3.32. The SMILES string of the molecule is CCN(C(=O)CN(C)S(=O)(=O)N(C)C)c1cn(-c2cncc(F)c2)nc1C. The Bertz CT molecular complexity index is 928. The number of carbonyl (C=O) groups excluding carboxylic acids is 1. The molecule has 1 amide bonds. The van der Waals surface area contributed by atoms with Crippen LogP contribution >= 0.6 is 0 Å². The third-order valence-electron chi connectivity index (χ3n) is 3.95. The van der Waals surface area contributed by atoms with Crippen molar-refractivity contribution in [2.24, 2.45) is 0 Å². The van der Waals surface area contributed by atoms with Gasteiger partial charge in [0.2, 0.25) is 5.91 Å². The summed E-state index contributed by atoms with van der Waals surface area (Å²) in [5.74, 6) is -0.897. The molecule has 0 aliphatic carbocycles. The molecule has 0 aliphatic rings. The van der Waals surface area contributed by atoms with Crippen molar-refractivity contribution in [2.75, 3.05) is 39.1 Å². The zero-order valence-electron chi connectivity index (χ0n) is 15.9. The maximum atomic E-state index is 13.4. The number of rotatable bonds is 7. The number of likely N-dealkylation sites (N-methyl/N-ethyl adjacent to an activating group) is 2. The second kappa shape index (κ2) is 8.11. The average molecular weight is 398 g/mol. The summed E-state index contributed by atoms with van der Waals surface area (Å²) < 4.78 is 41.1. The molecule has 0 saturated carbocycles. The lowest BCUT2D eigenvalue weighted by Gasteiger charge is -2.25. The van der Waals surface area contributed by atoms with E-state index in [1.807, 2.05) is 0 Å². The maximum Gasteiger partial charge on any atom is 0.281 e. The van der Waals surface area contributed by atoms with E-state index in [9.17, 15) is 17.6 Å². The van der Waals surface area contributed by atoms with Gasteiger partial charge in [0.25, 0.3) is 10.2 Å². The largest absolute Gasteiger partial charge is 0.308 e. The van der Waals surface area contributed by atoms with E-state index in [4.69, 9.17) is 0 Å². The van der Waals surface area contributed by atoms with Crippen LogP contribution in [0.2, 0.25) is 0 Å². The molecule has 0 bridgehead atoms. The number of halogens is 1. The van der Waals surface area contributed by atoms with Gasteiger partial charge in [-0.3, -0.25) is 9.78 Å². The van der Waals surface area contributed by atoms with E-state index in [2.05, 4.69) is 10.1 Å². The number of hydrogen-bond donors (Lipinski definition) is 0. The highest BCUT2D eigenvalue weighted by Gasteiger charge is 2.26. The molecule has 2 aromatic heterocycles. The van der Waals surface area contributed by atoms with Crippen molar-refractivity contribution in [3.05, 3.63) is 36.2 Å². The van der Waals surface area contributed by atoms with Gasteiger partial charge in [0, 0.05) is 33.8 Å². The molecule has 0 aromatic carbocycles. The smallest absolute Gasteiger partial charge is 0.281 e. The molecular formula is C16H23FN6O3S. The van der Waals surface area contributed by atoms with Crippen LogP contribution in [0, 0.1) is 12.7 Å². The second-order valence-electron chi connectivity index (χ2n) is 6.09. The van der Waals surface area contributed by atoms with Crippen molar-refractivity contribution in [1.29, 1.82) is 0 Å². The molecular weight excluding hydrogens is 375 g/mol. The van der Waals surface area contributed by atoms with Crippen LogP contribution < -0.4 is 4.90 Å². The summed E-state index contributed by atoms with van der Waals surface area (Å²) in [4.78, 5) is 17.9. The Hall–Kier alpha value is -2.37. The Labute approximate surface area is 158 Å². The molecule has 11 heteroatoms. The Morgan fingerprint density at radius 1 is 1.26 bits per heavy atom. The minimum Gasteiger partial charge on any atom is -0.308 e. The fraction of sp³-hybridized carbons (Fsp3) is 0.438. The van der Waals surface area contributed by atoms with E-state index >= 15 is 0 Å². The van der Waals surface area contributed by atoms with Crippen molar-refractivity contribution in [1.82, 2.24) is 23.4 Å². The van der Waals surface area contributed by atoms with Gasteiger partial charge in [0.1, 0.15) is 5.82 Å². The van der Waals surface area contributed by atoms with Crippen molar-refractivity contribution in [3.8, 4) is 5.69 Å². The first kappa shape index (κ1) is 20.9. The predicted molar refractivity (Wildman–Crippen MR) is 99.3 cm³/mol. The van der Waals surface area contributed by atoms with Gasteiger partial charge in [-0.2, -0.15) is 22.1 Å². The normalized spacial score (nSPS) is 12.0. The Balaban J connectivity index is 2.28. The monoisotopic (exact) mass is 398 g/mol. The number of nitrogens with zero attached hydrogens (tertiary/aromatic N) is 6.